The predicted octanol–water partition coefficient (Wildman–Crippen LogP) is 2.23. The van der Waals surface area contributed by atoms with Gasteiger partial charge in [-0.15, -0.1) is 0 Å². The first-order chi connectivity index (χ1) is 9.08. The van der Waals surface area contributed by atoms with Gasteiger partial charge in [-0.2, -0.15) is 4.39 Å². The van der Waals surface area contributed by atoms with E-state index < -0.39 is 24.3 Å². The number of hydrogen-bond acceptors (Lipinski definition) is 3. The number of nitrogens with zero attached hydrogens (tertiary/aromatic N) is 1. The van der Waals surface area contributed by atoms with Crippen LogP contribution in [-0.2, 0) is 16.1 Å². The Balaban J connectivity index is 1.94. The molecule has 0 aliphatic carbocycles. The van der Waals surface area contributed by atoms with Gasteiger partial charge in [0.05, 0.1) is 6.54 Å². The molecule has 4 nitrogen and oxygen atoms in total. The van der Waals surface area contributed by atoms with Crippen LogP contribution in [0.25, 0.3) is 0 Å². The SMILES string of the molecule is O=C(F)[C@H]1C[C@H](F)CN1C(=O)OCc1ccccc1. The van der Waals surface area contributed by atoms with E-state index in [0.717, 1.165) is 10.5 Å². The van der Waals surface area contributed by atoms with Crippen molar-refractivity contribution in [1.29, 1.82) is 0 Å². The summed E-state index contributed by atoms with van der Waals surface area (Å²) in [5.41, 5.74) is 0.759. The fourth-order valence-corrected chi connectivity index (χ4v) is 2.00. The van der Waals surface area contributed by atoms with E-state index in [1.54, 1.807) is 24.3 Å². The lowest BCUT2D eigenvalue weighted by Gasteiger charge is -2.20. The maximum atomic E-state index is 13.1. The maximum absolute atomic E-state index is 13.1. The average Bonchev–Trinajstić information content (AvgIpc) is 2.79. The number of likely N-dealkylation sites (tertiary alicyclic amines) is 1. The maximum Gasteiger partial charge on any atom is 0.410 e. The van der Waals surface area contributed by atoms with E-state index in [9.17, 15) is 18.4 Å². The van der Waals surface area contributed by atoms with Crippen molar-refractivity contribution in [1.82, 2.24) is 4.90 Å². The summed E-state index contributed by atoms with van der Waals surface area (Å²) in [6.07, 6.45) is -2.58. The minimum absolute atomic E-state index is 0.000319. The third-order valence-corrected chi connectivity index (χ3v) is 2.95. The highest BCUT2D eigenvalue weighted by atomic mass is 19.1. The summed E-state index contributed by atoms with van der Waals surface area (Å²) in [6.45, 7) is -0.311. The van der Waals surface area contributed by atoms with E-state index in [4.69, 9.17) is 4.74 Å². The minimum Gasteiger partial charge on any atom is -0.445 e. The molecule has 1 amide bonds. The zero-order valence-corrected chi connectivity index (χ0v) is 10.1. The molecule has 1 fully saturated rings. The molecular weight excluding hydrogens is 256 g/mol. The van der Waals surface area contributed by atoms with Crippen LogP contribution in [0.2, 0.25) is 0 Å². The van der Waals surface area contributed by atoms with Crippen LogP contribution < -0.4 is 0 Å². The fraction of sp³-hybridized carbons (Fsp3) is 0.385. The van der Waals surface area contributed by atoms with Gasteiger partial charge in [-0.25, -0.2) is 9.18 Å². The number of alkyl halides is 1. The summed E-state index contributed by atoms with van der Waals surface area (Å²) in [4.78, 5) is 23.2. The minimum atomic E-state index is -1.71. The van der Waals surface area contributed by atoms with Crippen molar-refractivity contribution in [2.24, 2.45) is 0 Å². The molecule has 19 heavy (non-hydrogen) atoms. The van der Waals surface area contributed by atoms with Gasteiger partial charge in [0.25, 0.3) is 0 Å². The van der Waals surface area contributed by atoms with Crippen molar-refractivity contribution in [2.45, 2.75) is 25.2 Å². The van der Waals surface area contributed by atoms with Gasteiger partial charge in [0.2, 0.25) is 0 Å². The highest BCUT2D eigenvalue weighted by Gasteiger charge is 2.40. The highest BCUT2D eigenvalue weighted by molar-refractivity contribution is 5.81. The number of benzene rings is 1. The number of carbonyl (C=O) groups is 2. The largest absolute Gasteiger partial charge is 0.445 e. The van der Waals surface area contributed by atoms with Gasteiger partial charge in [0, 0.05) is 6.42 Å². The Labute approximate surface area is 109 Å². The van der Waals surface area contributed by atoms with Crippen LogP contribution in [0.3, 0.4) is 0 Å². The van der Waals surface area contributed by atoms with Crippen LogP contribution in [-0.4, -0.2) is 35.8 Å². The quantitative estimate of drug-likeness (QED) is 0.790. The van der Waals surface area contributed by atoms with Gasteiger partial charge < -0.3 is 4.74 Å². The van der Waals surface area contributed by atoms with E-state index in [-0.39, 0.29) is 19.6 Å². The van der Waals surface area contributed by atoms with Gasteiger partial charge in [-0.05, 0) is 5.56 Å². The van der Waals surface area contributed by atoms with E-state index >= 15 is 0 Å². The smallest absolute Gasteiger partial charge is 0.410 e. The summed E-state index contributed by atoms with van der Waals surface area (Å²) in [5, 5.41) is 0. The fourth-order valence-electron chi connectivity index (χ4n) is 2.00. The second kappa shape index (κ2) is 5.77. The Kier molecular flexibility index (Phi) is 4.09. The molecule has 0 saturated carbocycles. The number of hydrogen-bond donors (Lipinski definition) is 0. The molecule has 102 valence electrons. The number of rotatable bonds is 3. The molecule has 0 bridgehead atoms. The van der Waals surface area contributed by atoms with Gasteiger partial charge >= 0.3 is 12.1 Å². The zero-order valence-electron chi connectivity index (χ0n) is 10.1. The average molecular weight is 269 g/mol. The lowest BCUT2D eigenvalue weighted by molar-refractivity contribution is -0.133. The zero-order chi connectivity index (χ0) is 13.8. The number of carbonyl (C=O) groups excluding carboxylic acids is 2. The van der Waals surface area contributed by atoms with Crippen LogP contribution >= 0.6 is 0 Å². The molecule has 2 atom stereocenters. The molecule has 1 aliphatic rings. The van der Waals surface area contributed by atoms with Crippen LogP contribution in [0.5, 0.6) is 0 Å². The molecule has 0 radical (unpaired) electrons. The summed E-state index contributed by atoms with van der Waals surface area (Å²) < 4.78 is 30.8. The van der Waals surface area contributed by atoms with Gasteiger partial charge in [0.15, 0.2) is 0 Å². The Morgan fingerprint density at radius 2 is 2.00 bits per heavy atom. The van der Waals surface area contributed by atoms with Gasteiger partial charge in [-0.3, -0.25) is 9.69 Å². The Hall–Kier alpha value is -1.98. The Bertz CT molecular complexity index is 466. The molecular formula is C13H13F2NO3. The normalized spacial score (nSPS) is 22.3. The molecule has 1 saturated heterocycles. The predicted molar refractivity (Wildman–Crippen MR) is 62.7 cm³/mol. The molecule has 0 aromatic heterocycles. The Morgan fingerprint density at radius 1 is 1.32 bits per heavy atom. The summed E-state index contributed by atoms with van der Waals surface area (Å²) >= 11 is 0. The second-order valence-corrected chi connectivity index (χ2v) is 4.35. The summed E-state index contributed by atoms with van der Waals surface area (Å²) in [6, 6.07) is 5.82. The van der Waals surface area contributed by atoms with Crippen LogP contribution in [0.15, 0.2) is 30.3 Å². The van der Waals surface area contributed by atoms with Crippen molar-refractivity contribution in [3.8, 4) is 0 Å². The molecule has 2 rings (SSSR count). The summed E-state index contributed by atoms with van der Waals surface area (Å²) in [5.74, 6) is 0. The monoisotopic (exact) mass is 269 g/mol. The van der Waals surface area contributed by atoms with E-state index in [2.05, 4.69) is 0 Å². The second-order valence-electron chi connectivity index (χ2n) is 4.35. The van der Waals surface area contributed by atoms with E-state index in [1.165, 1.54) is 0 Å². The van der Waals surface area contributed by atoms with E-state index in [0.29, 0.717) is 0 Å². The first-order valence-electron chi connectivity index (χ1n) is 5.88. The van der Waals surface area contributed by atoms with Crippen LogP contribution in [0.1, 0.15) is 12.0 Å². The number of halogens is 2. The molecule has 0 spiro atoms. The molecule has 6 heteroatoms. The number of amides is 1. The van der Waals surface area contributed by atoms with Crippen molar-refractivity contribution in [3.63, 3.8) is 0 Å². The van der Waals surface area contributed by atoms with Crippen molar-refractivity contribution in [2.75, 3.05) is 6.54 Å². The standard InChI is InChI=1S/C13H13F2NO3/c14-10-6-11(12(15)17)16(7-10)13(18)19-8-9-4-2-1-3-5-9/h1-5,10-11H,6-8H2/t10-,11+/m0/s1. The first kappa shape index (κ1) is 13.5. The topological polar surface area (TPSA) is 46.6 Å². The molecule has 1 heterocycles. The molecule has 1 aliphatic heterocycles. The third-order valence-electron chi connectivity index (χ3n) is 2.95. The lowest BCUT2D eigenvalue weighted by atomic mass is 10.2. The van der Waals surface area contributed by atoms with Crippen LogP contribution in [0.4, 0.5) is 13.6 Å². The van der Waals surface area contributed by atoms with Crippen molar-refractivity contribution < 1.29 is 23.1 Å². The van der Waals surface area contributed by atoms with Crippen LogP contribution in [0, 0.1) is 0 Å². The molecule has 0 unspecified atom stereocenters. The van der Waals surface area contributed by atoms with Crippen molar-refractivity contribution >= 4 is 12.1 Å². The Morgan fingerprint density at radius 3 is 2.63 bits per heavy atom. The molecule has 0 N–H and O–H groups in total. The van der Waals surface area contributed by atoms with E-state index in [1.807, 2.05) is 6.07 Å². The lowest BCUT2D eigenvalue weighted by Crippen LogP contribution is -2.39. The molecule has 1 aromatic carbocycles. The summed E-state index contributed by atoms with van der Waals surface area (Å²) in [7, 11) is 0. The first-order valence-corrected chi connectivity index (χ1v) is 5.88. The third kappa shape index (κ3) is 3.27. The highest BCUT2D eigenvalue weighted by Crippen LogP contribution is 2.22. The number of ether oxygens (including phenoxy) is 1. The van der Waals surface area contributed by atoms with Crippen molar-refractivity contribution in [3.05, 3.63) is 35.9 Å². The van der Waals surface area contributed by atoms with Gasteiger partial charge in [-0.1, -0.05) is 30.3 Å². The molecule has 1 aromatic rings. The van der Waals surface area contributed by atoms with Gasteiger partial charge in [0.1, 0.15) is 18.8 Å².